The van der Waals surface area contributed by atoms with Gasteiger partial charge in [-0.1, -0.05) is 66.7 Å². The molecule has 3 rings (SSSR count). The van der Waals surface area contributed by atoms with Gasteiger partial charge in [-0.15, -0.1) is 0 Å². The van der Waals surface area contributed by atoms with E-state index in [0.29, 0.717) is 0 Å². The van der Waals surface area contributed by atoms with Gasteiger partial charge in [-0.05, 0) is 29.8 Å². The number of benzene rings is 3. The minimum atomic E-state index is -3.08. The van der Waals surface area contributed by atoms with Crippen LogP contribution in [-0.4, -0.2) is 0 Å². The Morgan fingerprint density at radius 1 is 0.800 bits per heavy atom. The van der Waals surface area contributed by atoms with E-state index < -0.39 is 7.29 Å². The summed E-state index contributed by atoms with van der Waals surface area (Å²) in [5.74, 6) is 0. The van der Waals surface area contributed by atoms with Gasteiger partial charge in [-0.3, -0.25) is 9.65 Å². The van der Waals surface area contributed by atoms with E-state index in [-0.39, 0.29) is 12.5 Å². The summed E-state index contributed by atoms with van der Waals surface area (Å²) in [6, 6.07) is 30.4. The highest BCUT2D eigenvalue weighted by Crippen LogP contribution is 2.42. The SMILES string of the molecule is N#CCC(NP(=O)(c1ccccc1)c1ccccc1)c1ccccc1. The van der Waals surface area contributed by atoms with E-state index in [4.69, 9.17) is 0 Å². The second kappa shape index (κ2) is 7.94. The first-order chi connectivity index (χ1) is 12.2. The van der Waals surface area contributed by atoms with Gasteiger partial charge in [0.2, 0.25) is 7.29 Å². The zero-order valence-electron chi connectivity index (χ0n) is 13.7. The first kappa shape index (κ1) is 17.2. The maximum atomic E-state index is 14.1. The summed E-state index contributed by atoms with van der Waals surface area (Å²) < 4.78 is 14.1. The number of hydrogen-bond acceptors (Lipinski definition) is 2. The molecule has 4 heteroatoms. The van der Waals surface area contributed by atoms with Crippen LogP contribution in [0, 0.1) is 11.3 Å². The molecule has 0 saturated heterocycles. The van der Waals surface area contributed by atoms with Crippen molar-refractivity contribution in [2.45, 2.75) is 12.5 Å². The quantitative estimate of drug-likeness (QED) is 0.682. The minimum Gasteiger partial charge on any atom is -0.297 e. The molecule has 0 aliphatic heterocycles. The van der Waals surface area contributed by atoms with Crippen molar-refractivity contribution in [2.24, 2.45) is 0 Å². The zero-order valence-corrected chi connectivity index (χ0v) is 14.6. The Morgan fingerprint density at radius 2 is 1.24 bits per heavy atom. The van der Waals surface area contributed by atoms with Crippen molar-refractivity contribution in [2.75, 3.05) is 0 Å². The molecule has 0 aromatic heterocycles. The van der Waals surface area contributed by atoms with Crippen LogP contribution >= 0.6 is 7.29 Å². The average Bonchev–Trinajstić information content (AvgIpc) is 2.69. The Bertz CT molecular complexity index is 846. The molecule has 1 N–H and O–H groups in total. The minimum absolute atomic E-state index is 0.244. The lowest BCUT2D eigenvalue weighted by molar-refractivity contribution is 0.562. The van der Waals surface area contributed by atoms with E-state index in [9.17, 15) is 9.83 Å². The summed E-state index contributed by atoms with van der Waals surface area (Å²) in [5, 5.41) is 14.0. The van der Waals surface area contributed by atoms with Gasteiger partial charge in [-0.25, -0.2) is 0 Å². The van der Waals surface area contributed by atoms with E-state index in [2.05, 4.69) is 11.2 Å². The predicted molar refractivity (Wildman–Crippen MR) is 102 cm³/mol. The summed E-state index contributed by atoms with van der Waals surface area (Å²) in [5.41, 5.74) is 0.955. The smallest absolute Gasteiger partial charge is 0.205 e. The normalized spacial score (nSPS) is 12.3. The molecule has 0 radical (unpaired) electrons. The predicted octanol–water partition coefficient (Wildman–Crippen LogP) is 4.16. The molecule has 0 aliphatic carbocycles. The molecule has 0 amide bonds. The largest absolute Gasteiger partial charge is 0.297 e. The van der Waals surface area contributed by atoms with Crippen molar-refractivity contribution in [1.29, 1.82) is 5.26 Å². The van der Waals surface area contributed by atoms with E-state index in [0.717, 1.165) is 16.2 Å². The molecule has 0 aliphatic rings. The molecule has 3 aromatic carbocycles. The maximum Gasteiger partial charge on any atom is 0.205 e. The summed E-state index contributed by atoms with van der Waals surface area (Å²) >= 11 is 0. The molecule has 0 heterocycles. The van der Waals surface area contributed by atoms with Gasteiger partial charge in [0.15, 0.2) is 0 Å². The van der Waals surface area contributed by atoms with Crippen molar-refractivity contribution in [1.82, 2.24) is 5.09 Å². The number of nitriles is 1. The van der Waals surface area contributed by atoms with Crippen molar-refractivity contribution in [3.63, 3.8) is 0 Å². The third-order valence-corrected chi connectivity index (χ3v) is 6.80. The second-order valence-corrected chi connectivity index (χ2v) is 8.24. The first-order valence-electron chi connectivity index (χ1n) is 8.15. The molecule has 3 aromatic rings. The molecule has 0 fully saturated rings. The van der Waals surface area contributed by atoms with Gasteiger partial charge < -0.3 is 0 Å². The van der Waals surface area contributed by atoms with Crippen LogP contribution in [0.15, 0.2) is 91.0 Å². The Hall–Kier alpha value is -2.66. The fourth-order valence-corrected chi connectivity index (χ4v) is 5.27. The van der Waals surface area contributed by atoms with Crippen LogP contribution in [-0.2, 0) is 4.57 Å². The van der Waals surface area contributed by atoms with Crippen molar-refractivity contribution in [3.8, 4) is 6.07 Å². The van der Waals surface area contributed by atoms with Crippen molar-refractivity contribution < 1.29 is 4.57 Å². The molecular weight excluding hydrogens is 327 g/mol. The van der Waals surface area contributed by atoms with E-state index in [1.165, 1.54) is 0 Å². The molecule has 0 bridgehead atoms. The number of nitrogens with one attached hydrogen (secondary N) is 1. The summed E-state index contributed by atoms with van der Waals surface area (Å²) in [7, 11) is -3.08. The highest BCUT2D eigenvalue weighted by molar-refractivity contribution is 7.76. The maximum absolute atomic E-state index is 14.1. The Balaban J connectivity index is 2.06. The highest BCUT2D eigenvalue weighted by atomic mass is 31.2. The average molecular weight is 346 g/mol. The molecule has 0 spiro atoms. The van der Waals surface area contributed by atoms with Gasteiger partial charge in [0.1, 0.15) is 0 Å². The van der Waals surface area contributed by atoms with Crippen LogP contribution in [0.1, 0.15) is 18.0 Å². The van der Waals surface area contributed by atoms with Crippen molar-refractivity contribution in [3.05, 3.63) is 96.6 Å². The van der Waals surface area contributed by atoms with Crippen LogP contribution in [0.3, 0.4) is 0 Å². The lowest BCUT2D eigenvalue weighted by Gasteiger charge is -2.26. The molecule has 0 saturated carbocycles. The third-order valence-electron chi connectivity index (χ3n) is 4.07. The van der Waals surface area contributed by atoms with Gasteiger partial charge in [0.25, 0.3) is 0 Å². The van der Waals surface area contributed by atoms with Crippen LogP contribution < -0.4 is 15.7 Å². The molecule has 3 nitrogen and oxygen atoms in total. The van der Waals surface area contributed by atoms with Crippen LogP contribution in [0.2, 0.25) is 0 Å². The number of rotatable bonds is 6. The van der Waals surface area contributed by atoms with Gasteiger partial charge in [0.05, 0.1) is 18.5 Å². The Morgan fingerprint density at radius 3 is 1.68 bits per heavy atom. The van der Waals surface area contributed by atoms with Crippen molar-refractivity contribution >= 4 is 17.9 Å². The highest BCUT2D eigenvalue weighted by Gasteiger charge is 2.30. The number of nitrogens with zero attached hydrogens (tertiary/aromatic N) is 1. The Labute approximate surface area is 148 Å². The standard InChI is InChI=1S/C21H19N2OP/c22-17-16-21(18-10-4-1-5-11-18)23-25(24,19-12-6-2-7-13-19)20-14-8-3-9-15-20/h1-15,21H,16H2,(H,23,24). The molecular formula is C21H19N2OP. The lowest BCUT2D eigenvalue weighted by atomic mass is 10.1. The molecule has 124 valence electrons. The molecule has 25 heavy (non-hydrogen) atoms. The topological polar surface area (TPSA) is 52.9 Å². The molecule has 1 unspecified atom stereocenters. The van der Waals surface area contributed by atoms with Gasteiger partial charge in [-0.2, -0.15) is 5.26 Å². The van der Waals surface area contributed by atoms with Crippen LogP contribution in [0.25, 0.3) is 0 Å². The first-order valence-corrected chi connectivity index (χ1v) is 9.85. The Kier molecular flexibility index (Phi) is 5.46. The summed E-state index contributed by atoms with van der Waals surface area (Å²) in [6.07, 6.45) is 0.244. The zero-order chi connectivity index (χ0) is 17.5. The summed E-state index contributed by atoms with van der Waals surface area (Å²) in [4.78, 5) is 0. The molecule has 1 atom stereocenters. The number of hydrogen-bond donors (Lipinski definition) is 1. The third kappa shape index (κ3) is 3.88. The fraction of sp³-hybridized carbons (Fsp3) is 0.0952. The van der Waals surface area contributed by atoms with E-state index >= 15 is 0 Å². The van der Waals surface area contributed by atoms with E-state index in [1.54, 1.807) is 0 Å². The van der Waals surface area contributed by atoms with Crippen LogP contribution in [0.4, 0.5) is 0 Å². The van der Waals surface area contributed by atoms with E-state index in [1.807, 2.05) is 91.0 Å². The van der Waals surface area contributed by atoms with Gasteiger partial charge in [0, 0.05) is 10.6 Å². The fourth-order valence-electron chi connectivity index (χ4n) is 2.81. The summed E-state index contributed by atoms with van der Waals surface area (Å²) in [6.45, 7) is 0. The second-order valence-electron chi connectivity index (χ2n) is 5.73. The lowest BCUT2D eigenvalue weighted by Crippen LogP contribution is -2.30. The van der Waals surface area contributed by atoms with Gasteiger partial charge >= 0.3 is 0 Å². The van der Waals surface area contributed by atoms with Crippen LogP contribution in [0.5, 0.6) is 0 Å². The monoisotopic (exact) mass is 346 g/mol.